The zero-order valence-electron chi connectivity index (χ0n) is 13.8. The molecule has 2 aliphatic heterocycles. The van der Waals surface area contributed by atoms with E-state index in [9.17, 15) is 9.59 Å². The minimum atomic E-state index is -0.894. The van der Waals surface area contributed by atoms with Crippen molar-refractivity contribution in [1.82, 2.24) is 14.5 Å². The standard InChI is InChI=1S/C17H18N4O2/c1-8(2)17(4)16(23)21-14(19-17)12-10(15(21)22)6-7-11-13(12)18-9(3)20(11)5/h6-8H,1-5H3. The van der Waals surface area contributed by atoms with E-state index in [0.717, 1.165) is 16.9 Å². The van der Waals surface area contributed by atoms with Crippen LogP contribution >= 0.6 is 0 Å². The lowest BCUT2D eigenvalue weighted by molar-refractivity contribution is -0.130. The number of hydrogen-bond acceptors (Lipinski definition) is 4. The topological polar surface area (TPSA) is 67.6 Å². The van der Waals surface area contributed by atoms with Crippen LogP contribution in [0.5, 0.6) is 0 Å². The number of rotatable bonds is 1. The third kappa shape index (κ3) is 1.48. The van der Waals surface area contributed by atoms with Gasteiger partial charge in [-0.3, -0.25) is 14.6 Å². The van der Waals surface area contributed by atoms with Crippen LogP contribution in [0.15, 0.2) is 17.1 Å². The maximum Gasteiger partial charge on any atom is 0.267 e. The van der Waals surface area contributed by atoms with Gasteiger partial charge in [-0.2, -0.15) is 0 Å². The minimum absolute atomic E-state index is 0.00835. The van der Waals surface area contributed by atoms with Gasteiger partial charge in [-0.15, -0.1) is 0 Å². The first-order valence-corrected chi connectivity index (χ1v) is 7.72. The number of amides is 2. The second-order valence-corrected chi connectivity index (χ2v) is 6.76. The Hall–Kier alpha value is -2.50. The highest BCUT2D eigenvalue weighted by atomic mass is 16.2. The zero-order valence-corrected chi connectivity index (χ0v) is 13.8. The summed E-state index contributed by atoms with van der Waals surface area (Å²) in [5.41, 5.74) is 1.97. The van der Waals surface area contributed by atoms with Gasteiger partial charge in [0.1, 0.15) is 22.7 Å². The van der Waals surface area contributed by atoms with Crippen LogP contribution in [0.1, 0.15) is 42.5 Å². The lowest BCUT2D eigenvalue weighted by Crippen LogP contribution is -2.44. The average molecular weight is 310 g/mol. The molecule has 0 aliphatic carbocycles. The Morgan fingerprint density at radius 1 is 1.22 bits per heavy atom. The third-order valence-corrected chi connectivity index (χ3v) is 5.24. The molecule has 23 heavy (non-hydrogen) atoms. The summed E-state index contributed by atoms with van der Waals surface area (Å²) in [6.07, 6.45) is 0. The van der Waals surface area contributed by atoms with E-state index >= 15 is 0 Å². The summed E-state index contributed by atoms with van der Waals surface area (Å²) in [7, 11) is 1.94. The summed E-state index contributed by atoms with van der Waals surface area (Å²) in [6.45, 7) is 7.60. The molecule has 4 rings (SSSR count). The largest absolute Gasteiger partial charge is 0.331 e. The van der Waals surface area contributed by atoms with Crippen LogP contribution in [0.4, 0.5) is 0 Å². The van der Waals surface area contributed by atoms with Crippen LogP contribution in [0, 0.1) is 12.8 Å². The second kappa shape index (κ2) is 4.07. The van der Waals surface area contributed by atoms with Crippen LogP contribution in [0.2, 0.25) is 0 Å². The number of carbonyl (C=O) groups excluding carboxylic acids is 2. The molecule has 1 aromatic carbocycles. The van der Waals surface area contributed by atoms with Gasteiger partial charge in [-0.05, 0) is 31.9 Å². The predicted octanol–water partition coefficient (Wildman–Crippen LogP) is 2.04. The van der Waals surface area contributed by atoms with Crippen molar-refractivity contribution in [2.24, 2.45) is 18.0 Å². The monoisotopic (exact) mass is 310 g/mol. The Morgan fingerprint density at radius 2 is 1.91 bits per heavy atom. The molecule has 2 amide bonds. The van der Waals surface area contributed by atoms with E-state index in [0.29, 0.717) is 17.0 Å². The van der Waals surface area contributed by atoms with E-state index in [1.807, 2.05) is 38.5 Å². The molecule has 0 saturated carbocycles. The van der Waals surface area contributed by atoms with E-state index in [2.05, 4.69) is 9.98 Å². The fourth-order valence-corrected chi connectivity index (χ4v) is 3.27. The van der Waals surface area contributed by atoms with Crippen molar-refractivity contribution in [3.8, 4) is 0 Å². The summed E-state index contributed by atoms with van der Waals surface area (Å²) < 4.78 is 1.97. The number of nitrogens with zero attached hydrogens (tertiary/aromatic N) is 4. The van der Waals surface area contributed by atoms with E-state index in [-0.39, 0.29) is 17.7 Å². The average Bonchev–Trinajstić information content (AvgIpc) is 3.04. The van der Waals surface area contributed by atoms with E-state index in [4.69, 9.17) is 0 Å². The third-order valence-electron chi connectivity index (χ3n) is 5.24. The Morgan fingerprint density at radius 3 is 2.57 bits per heavy atom. The molecule has 6 nitrogen and oxygen atoms in total. The van der Waals surface area contributed by atoms with E-state index in [1.165, 1.54) is 4.90 Å². The van der Waals surface area contributed by atoms with Gasteiger partial charge in [-0.25, -0.2) is 9.88 Å². The van der Waals surface area contributed by atoms with Gasteiger partial charge >= 0.3 is 0 Å². The molecule has 0 radical (unpaired) electrons. The molecule has 2 aliphatic rings. The van der Waals surface area contributed by atoms with Crippen molar-refractivity contribution in [2.45, 2.75) is 33.2 Å². The van der Waals surface area contributed by atoms with Gasteiger partial charge in [0.15, 0.2) is 0 Å². The number of fused-ring (bicyclic) bond motifs is 5. The summed E-state index contributed by atoms with van der Waals surface area (Å²) in [6, 6.07) is 3.64. The fraction of sp³-hybridized carbons (Fsp3) is 0.412. The molecule has 0 fully saturated rings. The van der Waals surface area contributed by atoms with E-state index in [1.54, 1.807) is 13.0 Å². The lowest BCUT2D eigenvalue weighted by Gasteiger charge is -2.24. The van der Waals surface area contributed by atoms with Crippen LogP contribution in [-0.4, -0.2) is 37.6 Å². The van der Waals surface area contributed by atoms with Crippen molar-refractivity contribution in [3.63, 3.8) is 0 Å². The first kappa shape index (κ1) is 14.1. The molecule has 1 unspecified atom stereocenters. The lowest BCUT2D eigenvalue weighted by atomic mass is 9.88. The number of hydrogen-bond donors (Lipinski definition) is 0. The zero-order chi connectivity index (χ0) is 16.7. The number of carbonyl (C=O) groups is 2. The normalized spacial score (nSPS) is 23.0. The van der Waals surface area contributed by atoms with Crippen molar-refractivity contribution in [3.05, 3.63) is 29.1 Å². The molecule has 2 aromatic rings. The summed E-state index contributed by atoms with van der Waals surface area (Å²) in [4.78, 5) is 36.0. The molecule has 0 N–H and O–H groups in total. The Balaban J connectivity index is 2.07. The number of amidine groups is 1. The van der Waals surface area contributed by atoms with Crippen LogP contribution in [0.3, 0.4) is 0 Å². The molecule has 1 atom stereocenters. The fourth-order valence-electron chi connectivity index (χ4n) is 3.27. The Bertz CT molecular complexity index is 938. The highest BCUT2D eigenvalue weighted by Gasteiger charge is 2.54. The highest BCUT2D eigenvalue weighted by molar-refractivity contribution is 6.36. The second-order valence-electron chi connectivity index (χ2n) is 6.76. The maximum atomic E-state index is 12.8. The predicted molar refractivity (Wildman–Crippen MR) is 86.4 cm³/mol. The molecule has 0 spiro atoms. The van der Waals surface area contributed by atoms with E-state index < -0.39 is 5.54 Å². The molecule has 0 bridgehead atoms. The Kier molecular flexibility index (Phi) is 2.50. The van der Waals surface area contributed by atoms with Crippen molar-refractivity contribution in [2.75, 3.05) is 0 Å². The van der Waals surface area contributed by atoms with Crippen LogP contribution < -0.4 is 0 Å². The van der Waals surface area contributed by atoms with Gasteiger partial charge in [0.25, 0.3) is 11.8 Å². The van der Waals surface area contributed by atoms with Gasteiger partial charge in [-0.1, -0.05) is 13.8 Å². The number of imide groups is 1. The minimum Gasteiger partial charge on any atom is -0.331 e. The molecule has 6 heteroatoms. The first-order valence-electron chi connectivity index (χ1n) is 7.72. The number of imidazole rings is 1. The van der Waals surface area contributed by atoms with Gasteiger partial charge in [0.05, 0.1) is 16.6 Å². The SMILES string of the molecule is Cc1nc2c3c(ccc2n1C)C(=O)N1C(=O)C(C)(C(C)C)N=C31. The summed E-state index contributed by atoms with van der Waals surface area (Å²) >= 11 is 0. The molecule has 118 valence electrons. The number of benzene rings is 1. The summed E-state index contributed by atoms with van der Waals surface area (Å²) in [5, 5.41) is 0. The Labute approximate surface area is 133 Å². The van der Waals surface area contributed by atoms with Gasteiger partial charge < -0.3 is 4.57 Å². The van der Waals surface area contributed by atoms with Gasteiger partial charge in [0.2, 0.25) is 0 Å². The molecule has 0 saturated heterocycles. The van der Waals surface area contributed by atoms with Crippen molar-refractivity contribution < 1.29 is 9.59 Å². The number of aromatic nitrogens is 2. The molecular formula is C17H18N4O2. The summed E-state index contributed by atoms with van der Waals surface area (Å²) in [5.74, 6) is 0.780. The molecular weight excluding hydrogens is 292 g/mol. The van der Waals surface area contributed by atoms with Crippen molar-refractivity contribution >= 4 is 28.7 Å². The quantitative estimate of drug-likeness (QED) is 0.757. The van der Waals surface area contributed by atoms with Crippen molar-refractivity contribution in [1.29, 1.82) is 0 Å². The molecule has 1 aromatic heterocycles. The maximum absolute atomic E-state index is 12.8. The molecule has 3 heterocycles. The smallest absolute Gasteiger partial charge is 0.267 e. The van der Waals surface area contributed by atoms with Gasteiger partial charge in [0, 0.05) is 7.05 Å². The van der Waals surface area contributed by atoms with Crippen LogP contribution in [0.25, 0.3) is 11.0 Å². The van der Waals surface area contributed by atoms with Crippen LogP contribution in [-0.2, 0) is 11.8 Å². The number of aliphatic imine (C=N–C) groups is 1. The highest BCUT2D eigenvalue weighted by Crippen LogP contribution is 2.39. The number of aryl methyl sites for hydroxylation is 2. The first-order chi connectivity index (χ1) is 10.8.